The maximum absolute atomic E-state index is 12.9. The fourth-order valence-electron chi connectivity index (χ4n) is 2.98. The van der Waals surface area contributed by atoms with Crippen molar-refractivity contribution in [2.75, 3.05) is 19.5 Å². The second-order valence-electron chi connectivity index (χ2n) is 7.18. The highest BCUT2D eigenvalue weighted by Gasteiger charge is 2.17. The van der Waals surface area contributed by atoms with Crippen molar-refractivity contribution in [2.24, 2.45) is 11.7 Å². The van der Waals surface area contributed by atoms with Crippen molar-refractivity contribution in [2.45, 2.75) is 20.3 Å². The van der Waals surface area contributed by atoms with E-state index in [1.54, 1.807) is 12.1 Å². The van der Waals surface area contributed by atoms with Crippen LogP contribution >= 0.6 is 0 Å². The van der Waals surface area contributed by atoms with Gasteiger partial charge in [-0.25, -0.2) is 0 Å². The van der Waals surface area contributed by atoms with Crippen LogP contribution in [0.3, 0.4) is 0 Å². The topological polar surface area (TPSA) is 134 Å². The molecule has 0 spiro atoms. The van der Waals surface area contributed by atoms with Crippen molar-refractivity contribution in [3.63, 3.8) is 0 Å². The molecule has 3 N–H and O–H groups in total. The highest BCUT2D eigenvalue weighted by molar-refractivity contribution is 6.07. The number of amides is 1. The Kier molecular flexibility index (Phi) is 7.73. The molecule has 0 saturated carbocycles. The van der Waals surface area contributed by atoms with E-state index in [2.05, 4.69) is 5.32 Å². The Bertz CT molecular complexity index is 1030. The highest BCUT2D eigenvalue weighted by atomic mass is 16.6. The first-order valence-electron chi connectivity index (χ1n) is 9.48. The van der Waals surface area contributed by atoms with Crippen LogP contribution in [0.2, 0.25) is 0 Å². The summed E-state index contributed by atoms with van der Waals surface area (Å²) in [5.41, 5.74) is 6.86. The number of ketones is 1. The van der Waals surface area contributed by atoms with Gasteiger partial charge in [-0.2, -0.15) is 0 Å². The van der Waals surface area contributed by atoms with E-state index in [0.29, 0.717) is 23.6 Å². The Hall–Kier alpha value is -3.88. The Labute approximate surface area is 180 Å². The van der Waals surface area contributed by atoms with E-state index in [0.717, 1.165) is 0 Å². The van der Waals surface area contributed by atoms with Gasteiger partial charge in [-0.1, -0.05) is 13.8 Å². The molecule has 2 aromatic rings. The average molecular weight is 427 g/mol. The number of nitro benzene ring substituents is 1. The summed E-state index contributed by atoms with van der Waals surface area (Å²) in [4.78, 5) is 34.8. The molecule has 1 amide bonds. The predicted octanol–water partition coefficient (Wildman–Crippen LogP) is 3.94. The molecule has 2 aromatic carbocycles. The number of methoxy groups -OCH3 is 2. The summed E-state index contributed by atoms with van der Waals surface area (Å²) >= 11 is 0. The molecule has 0 atom stereocenters. The number of carbonyl (C=O) groups excluding carboxylic acids is 2. The number of ether oxygens (including phenoxy) is 2. The third-order valence-electron chi connectivity index (χ3n) is 4.37. The highest BCUT2D eigenvalue weighted by Crippen LogP contribution is 2.28. The van der Waals surface area contributed by atoms with Gasteiger partial charge in [0.25, 0.3) is 11.6 Å². The second-order valence-corrected chi connectivity index (χ2v) is 7.18. The van der Waals surface area contributed by atoms with E-state index in [1.807, 2.05) is 13.8 Å². The van der Waals surface area contributed by atoms with E-state index in [9.17, 15) is 19.7 Å². The number of nitrogens with zero attached hydrogens (tertiary/aromatic N) is 1. The van der Waals surface area contributed by atoms with Gasteiger partial charge in [0.2, 0.25) is 0 Å². The molecule has 0 aliphatic rings. The van der Waals surface area contributed by atoms with Gasteiger partial charge in [0.1, 0.15) is 11.5 Å². The molecule has 0 saturated heterocycles. The summed E-state index contributed by atoms with van der Waals surface area (Å²) in [6.45, 7) is 4.01. The molecule has 9 nitrogen and oxygen atoms in total. The predicted molar refractivity (Wildman–Crippen MR) is 117 cm³/mol. The number of non-ortho nitro benzene ring substituents is 1. The maximum atomic E-state index is 12.9. The zero-order valence-electron chi connectivity index (χ0n) is 17.8. The minimum Gasteiger partial charge on any atom is -0.496 e. The lowest BCUT2D eigenvalue weighted by Crippen LogP contribution is -2.13. The summed E-state index contributed by atoms with van der Waals surface area (Å²) in [5.74, 6) is -0.314. The van der Waals surface area contributed by atoms with Crippen molar-refractivity contribution in [1.82, 2.24) is 0 Å². The van der Waals surface area contributed by atoms with Crippen LogP contribution in [0.1, 0.15) is 41.0 Å². The largest absolute Gasteiger partial charge is 0.496 e. The molecular weight excluding hydrogens is 402 g/mol. The van der Waals surface area contributed by atoms with Gasteiger partial charge in [-0.3, -0.25) is 19.7 Å². The van der Waals surface area contributed by atoms with Gasteiger partial charge in [0, 0.05) is 29.6 Å². The minimum atomic E-state index is -0.609. The van der Waals surface area contributed by atoms with Crippen LogP contribution in [0.25, 0.3) is 0 Å². The number of hydrogen-bond acceptors (Lipinski definition) is 7. The summed E-state index contributed by atoms with van der Waals surface area (Å²) in [5, 5.41) is 14.2. The molecule has 164 valence electrons. The van der Waals surface area contributed by atoms with E-state index >= 15 is 0 Å². The first-order chi connectivity index (χ1) is 14.7. The van der Waals surface area contributed by atoms with Crippen molar-refractivity contribution >= 4 is 23.1 Å². The quantitative estimate of drug-likeness (QED) is 0.254. The molecule has 0 fully saturated rings. The van der Waals surface area contributed by atoms with Crippen LogP contribution in [0, 0.1) is 16.0 Å². The number of nitro groups is 1. The first-order valence-corrected chi connectivity index (χ1v) is 9.48. The number of anilines is 1. The lowest BCUT2D eigenvalue weighted by Gasteiger charge is -2.15. The molecule has 0 aliphatic carbocycles. The summed E-state index contributed by atoms with van der Waals surface area (Å²) < 4.78 is 10.4. The van der Waals surface area contributed by atoms with Crippen LogP contribution in [0.15, 0.2) is 48.2 Å². The van der Waals surface area contributed by atoms with E-state index in [1.165, 1.54) is 44.6 Å². The van der Waals surface area contributed by atoms with Gasteiger partial charge in [0.15, 0.2) is 5.78 Å². The van der Waals surface area contributed by atoms with Crippen molar-refractivity contribution in [1.29, 1.82) is 0 Å². The summed E-state index contributed by atoms with van der Waals surface area (Å²) in [7, 11) is 2.78. The fourth-order valence-corrected chi connectivity index (χ4v) is 2.98. The zero-order chi connectivity index (χ0) is 23.1. The molecule has 2 rings (SSSR count). The minimum absolute atomic E-state index is 0.117. The van der Waals surface area contributed by atoms with Gasteiger partial charge >= 0.3 is 0 Å². The number of hydrogen-bond donors (Lipinski definition) is 2. The Morgan fingerprint density at radius 2 is 1.71 bits per heavy atom. The van der Waals surface area contributed by atoms with Crippen LogP contribution in [-0.2, 0) is 0 Å². The lowest BCUT2D eigenvalue weighted by molar-refractivity contribution is -0.384. The zero-order valence-corrected chi connectivity index (χ0v) is 17.8. The number of carbonyl (C=O) groups is 2. The van der Waals surface area contributed by atoms with Crippen LogP contribution in [-0.4, -0.2) is 30.8 Å². The second kappa shape index (κ2) is 10.2. The maximum Gasteiger partial charge on any atom is 0.273 e. The van der Waals surface area contributed by atoms with Crippen LogP contribution in [0.5, 0.6) is 11.5 Å². The Morgan fingerprint density at radius 1 is 1.10 bits per heavy atom. The average Bonchev–Trinajstić information content (AvgIpc) is 2.72. The molecule has 9 heteroatoms. The normalized spacial score (nSPS) is 11.2. The SMILES string of the molecule is COc1cc(N/C(=C\C(=O)c2ccc([N+](=O)[O-])cc2OC)CC(C)C)ccc1C(N)=O. The number of allylic oxidation sites excluding steroid dienone is 2. The van der Waals surface area contributed by atoms with E-state index < -0.39 is 10.8 Å². The number of nitrogens with one attached hydrogen (secondary N) is 1. The monoisotopic (exact) mass is 427 g/mol. The third kappa shape index (κ3) is 6.05. The van der Waals surface area contributed by atoms with Crippen molar-refractivity contribution < 1.29 is 24.0 Å². The first kappa shape index (κ1) is 23.4. The molecule has 0 heterocycles. The molecule has 0 aliphatic heterocycles. The third-order valence-corrected chi connectivity index (χ3v) is 4.37. The van der Waals surface area contributed by atoms with E-state index in [-0.39, 0.29) is 34.3 Å². The van der Waals surface area contributed by atoms with Gasteiger partial charge < -0.3 is 20.5 Å². The van der Waals surface area contributed by atoms with Crippen LogP contribution in [0.4, 0.5) is 11.4 Å². The molecule has 0 bridgehead atoms. The van der Waals surface area contributed by atoms with Gasteiger partial charge in [-0.15, -0.1) is 0 Å². The lowest BCUT2D eigenvalue weighted by atomic mass is 10.0. The molecule has 0 radical (unpaired) electrons. The Balaban J connectivity index is 2.39. The summed E-state index contributed by atoms with van der Waals surface area (Å²) in [6.07, 6.45) is 1.99. The van der Waals surface area contributed by atoms with Gasteiger partial charge in [0.05, 0.1) is 36.3 Å². The molecular formula is C22H25N3O6. The standard InChI is InChI=1S/C22H25N3O6/c1-13(2)9-15(24-14-5-7-18(22(23)27)20(11-14)30-3)10-19(26)17-8-6-16(25(28)29)12-21(17)31-4/h5-8,10-13,24H,9H2,1-4H3,(H2,23,27)/b15-10-. The van der Waals surface area contributed by atoms with Crippen molar-refractivity contribution in [3.8, 4) is 11.5 Å². The number of benzene rings is 2. The molecule has 0 unspecified atom stereocenters. The molecule has 0 aromatic heterocycles. The smallest absolute Gasteiger partial charge is 0.273 e. The fraction of sp³-hybridized carbons (Fsp3) is 0.273. The van der Waals surface area contributed by atoms with Crippen molar-refractivity contribution in [3.05, 3.63) is 69.4 Å². The Morgan fingerprint density at radius 3 is 2.26 bits per heavy atom. The van der Waals surface area contributed by atoms with Gasteiger partial charge in [-0.05, 0) is 30.5 Å². The van der Waals surface area contributed by atoms with Crippen LogP contribution < -0.4 is 20.5 Å². The number of primary amides is 1. The number of nitrogens with two attached hydrogens (primary N) is 1. The molecule has 31 heavy (non-hydrogen) atoms. The summed E-state index contributed by atoms with van der Waals surface area (Å²) in [6, 6.07) is 8.65. The van der Waals surface area contributed by atoms with E-state index in [4.69, 9.17) is 15.2 Å². The number of rotatable bonds is 10.